The van der Waals surface area contributed by atoms with Crippen LogP contribution in [-0.2, 0) is 4.79 Å². The number of piperazine rings is 1. The quantitative estimate of drug-likeness (QED) is 0.827. The number of hydrogen-bond donors (Lipinski definition) is 1. The maximum Gasteiger partial charge on any atom is 0.329 e. The van der Waals surface area contributed by atoms with Crippen molar-refractivity contribution in [3.8, 4) is 0 Å². The summed E-state index contributed by atoms with van der Waals surface area (Å²) in [7, 11) is 0. The van der Waals surface area contributed by atoms with Crippen LogP contribution in [0.4, 0.5) is 4.79 Å². The molecule has 1 saturated heterocycles. The third-order valence-corrected chi connectivity index (χ3v) is 3.93. The standard InChI is InChI=1S/C14H27N3O3/c1-5-7-15-8-10-16(11-9-15)13(20)17(6-2)14(3,4)12(18)19/h5-11H2,1-4H3,(H,18,19). The van der Waals surface area contributed by atoms with Crippen LogP contribution < -0.4 is 0 Å². The van der Waals surface area contributed by atoms with Crippen LogP contribution in [0.1, 0.15) is 34.1 Å². The molecular weight excluding hydrogens is 258 g/mol. The zero-order valence-corrected chi connectivity index (χ0v) is 13.1. The molecule has 1 heterocycles. The number of amides is 2. The average molecular weight is 285 g/mol. The molecule has 0 saturated carbocycles. The second kappa shape index (κ2) is 6.92. The molecule has 1 N–H and O–H groups in total. The van der Waals surface area contributed by atoms with Gasteiger partial charge in [0.15, 0.2) is 0 Å². The highest BCUT2D eigenvalue weighted by Crippen LogP contribution is 2.18. The Morgan fingerprint density at radius 1 is 1.15 bits per heavy atom. The summed E-state index contributed by atoms with van der Waals surface area (Å²) < 4.78 is 0. The van der Waals surface area contributed by atoms with E-state index in [2.05, 4.69) is 11.8 Å². The summed E-state index contributed by atoms with van der Waals surface area (Å²) in [5.74, 6) is -0.975. The van der Waals surface area contributed by atoms with Crippen molar-refractivity contribution < 1.29 is 14.7 Å². The Bertz CT molecular complexity index is 350. The van der Waals surface area contributed by atoms with Crippen molar-refractivity contribution in [3.05, 3.63) is 0 Å². The van der Waals surface area contributed by atoms with Crippen LogP contribution in [0.5, 0.6) is 0 Å². The summed E-state index contributed by atoms with van der Waals surface area (Å²) >= 11 is 0. The molecule has 0 atom stereocenters. The molecule has 2 amide bonds. The molecule has 0 aromatic carbocycles. The minimum absolute atomic E-state index is 0.170. The van der Waals surface area contributed by atoms with Crippen molar-refractivity contribution >= 4 is 12.0 Å². The molecule has 0 radical (unpaired) electrons. The van der Waals surface area contributed by atoms with Crippen LogP contribution in [0.25, 0.3) is 0 Å². The van der Waals surface area contributed by atoms with Crippen molar-refractivity contribution in [2.45, 2.75) is 39.7 Å². The lowest BCUT2D eigenvalue weighted by molar-refractivity contribution is -0.147. The van der Waals surface area contributed by atoms with Crippen LogP contribution >= 0.6 is 0 Å². The summed E-state index contributed by atoms with van der Waals surface area (Å²) in [6.07, 6.45) is 1.11. The van der Waals surface area contributed by atoms with E-state index in [0.29, 0.717) is 19.6 Å². The van der Waals surface area contributed by atoms with E-state index < -0.39 is 11.5 Å². The number of nitrogens with zero attached hydrogens (tertiary/aromatic N) is 3. The SMILES string of the molecule is CCCN1CCN(C(=O)N(CC)C(C)(C)C(=O)O)CC1. The van der Waals surface area contributed by atoms with E-state index in [-0.39, 0.29) is 6.03 Å². The van der Waals surface area contributed by atoms with Gasteiger partial charge in [0.2, 0.25) is 0 Å². The van der Waals surface area contributed by atoms with E-state index in [1.165, 1.54) is 4.90 Å². The van der Waals surface area contributed by atoms with Crippen molar-refractivity contribution in [2.75, 3.05) is 39.3 Å². The normalized spacial score (nSPS) is 17.1. The number of carbonyl (C=O) groups excluding carboxylic acids is 1. The average Bonchev–Trinajstić information content (AvgIpc) is 2.40. The number of carboxylic acids is 1. The molecule has 0 spiro atoms. The van der Waals surface area contributed by atoms with E-state index in [9.17, 15) is 14.7 Å². The zero-order valence-electron chi connectivity index (χ0n) is 13.1. The topological polar surface area (TPSA) is 64.1 Å². The number of carboxylic acid groups (broad SMARTS) is 1. The highest BCUT2D eigenvalue weighted by Gasteiger charge is 2.39. The third-order valence-electron chi connectivity index (χ3n) is 3.93. The Morgan fingerprint density at radius 2 is 1.70 bits per heavy atom. The first-order chi connectivity index (χ1) is 9.34. The van der Waals surface area contributed by atoms with Gasteiger partial charge in [0.1, 0.15) is 5.54 Å². The number of rotatable bonds is 5. The number of aliphatic carboxylic acids is 1. The molecule has 1 fully saturated rings. The summed E-state index contributed by atoms with van der Waals surface area (Å²) in [5.41, 5.74) is -1.17. The fraction of sp³-hybridized carbons (Fsp3) is 0.857. The zero-order chi connectivity index (χ0) is 15.3. The summed E-state index contributed by atoms with van der Waals surface area (Å²) in [6.45, 7) is 11.6. The third kappa shape index (κ3) is 3.62. The fourth-order valence-electron chi connectivity index (χ4n) is 2.53. The molecule has 0 aromatic heterocycles. The summed E-state index contributed by atoms with van der Waals surface area (Å²) in [5, 5.41) is 9.28. The number of carbonyl (C=O) groups is 2. The monoisotopic (exact) mass is 285 g/mol. The maximum absolute atomic E-state index is 12.5. The number of urea groups is 1. The van der Waals surface area contributed by atoms with Crippen molar-refractivity contribution in [1.82, 2.24) is 14.7 Å². The Kier molecular flexibility index (Phi) is 5.80. The molecule has 0 aromatic rings. The maximum atomic E-state index is 12.5. The lowest BCUT2D eigenvalue weighted by atomic mass is 10.0. The highest BCUT2D eigenvalue weighted by molar-refractivity contribution is 5.85. The predicted octanol–water partition coefficient (Wildman–Crippen LogP) is 1.32. The predicted molar refractivity (Wildman–Crippen MR) is 77.8 cm³/mol. The largest absolute Gasteiger partial charge is 0.480 e. The Morgan fingerprint density at radius 3 is 2.10 bits per heavy atom. The van der Waals surface area contributed by atoms with Gasteiger partial charge in [0.25, 0.3) is 0 Å². The van der Waals surface area contributed by atoms with Gasteiger partial charge in [-0.2, -0.15) is 0 Å². The van der Waals surface area contributed by atoms with Gasteiger partial charge in [0, 0.05) is 32.7 Å². The molecule has 116 valence electrons. The van der Waals surface area contributed by atoms with Crippen molar-refractivity contribution in [1.29, 1.82) is 0 Å². The van der Waals surface area contributed by atoms with Gasteiger partial charge in [0.05, 0.1) is 0 Å². The van der Waals surface area contributed by atoms with Crippen LogP contribution in [0.3, 0.4) is 0 Å². The van der Waals surface area contributed by atoms with E-state index in [4.69, 9.17) is 0 Å². The van der Waals surface area contributed by atoms with Gasteiger partial charge in [-0.1, -0.05) is 6.92 Å². The van der Waals surface area contributed by atoms with E-state index >= 15 is 0 Å². The molecule has 1 aliphatic rings. The van der Waals surface area contributed by atoms with Crippen LogP contribution in [0.2, 0.25) is 0 Å². The van der Waals surface area contributed by atoms with E-state index in [1.807, 2.05) is 6.92 Å². The Hall–Kier alpha value is -1.30. The first-order valence-electron chi connectivity index (χ1n) is 7.36. The molecule has 0 bridgehead atoms. The van der Waals surface area contributed by atoms with Crippen LogP contribution in [0.15, 0.2) is 0 Å². The van der Waals surface area contributed by atoms with Gasteiger partial charge in [-0.3, -0.25) is 4.90 Å². The molecule has 20 heavy (non-hydrogen) atoms. The van der Waals surface area contributed by atoms with Crippen molar-refractivity contribution in [3.63, 3.8) is 0 Å². The molecule has 1 rings (SSSR count). The van der Waals surface area contributed by atoms with E-state index in [1.54, 1.807) is 18.7 Å². The lowest BCUT2D eigenvalue weighted by Gasteiger charge is -2.41. The Labute approximate surface area is 121 Å². The summed E-state index contributed by atoms with van der Waals surface area (Å²) in [4.78, 5) is 29.4. The first kappa shape index (κ1) is 16.8. The molecular formula is C14H27N3O3. The van der Waals surface area contributed by atoms with Gasteiger partial charge in [-0.05, 0) is 33.7 Å². The van der Waals surface area contributed by atoms with Crippen LogP contribution in [-0.4, -0.2) is 76.6 Å². The van der Waals surface area contributed by atoms with Gasteiger partial charge in [-0.15, -0.1) is 0 Å². The first-order valence-corrected chi connectivity index (χ1v) is 7.36. The highest BCUT2D eigenvalue weighted by atomic mass is 16.4. The van der Waals surface area contributed by atoms with Gasteiger partial charge in [-0.25, -0.2) is 9.59 Å². The molecule has 0 aliphatic carbocycles. The van der Waals surface area contributed by atoms with E-state index in [0.717, 1.165) is 26.1 Å². The minimum Gasteiger partial charge on any atom is -0.480 e. The van der Waals surface area contributed by atoms with Gasteiger partial charge < -0.3 is 14.9 Å². The molecule has 6 nitrogen and oxygen atoms in total. The molecule has 1 aliphatic heterocycles. The fourth-order valence-corrected chi connectivity index (χ4v) is 2.53. The van der Waals surface area contributed by atoms with Gasteiger partial charge >= 0.3 is 12.0 Å². The van der Waals surface area contributed by atoms with Crippen LogP contribution in [0, 0.1) is 0 Å². The second-order valence-electron chi connectivity index (χ2n) is 5.72. The number of hydrogen-bond acceptors (Lipinski definition) is 3. The van der Waals surface area contributed by atoms with Crippen molar-refractivity contribution in [2.24, 2.45) is 0 Å². The molecule has 0 unspecified atom stereocenters. The number of likely N-dealkylation sites (N-methyl/N-ethyl adjacent to an activating group) is 1. The second-order valence-corrected chi connectivity index (χ2v) is 5.72. The summed E-state index contributed by atoms with van der Waals surface area (Å²) in [6, 6.07) is -0.170. The Balaban J connectivity index is 2.67. The molecule has 6 heteroatoms. The minimum atomic E-state index is -1.17. The lowest BCUT2D eigenvalue weighted by Crippen LogP contribution is -2.59. The smallest absolute Gasteiger partial charge is 0.329 e.